The first-order valence-electron chi connectivity index (χ1n) is 9.41. The van der Waals surface area contributed by atoms with Crippen LogP contribution in [-0.4, -0.2) is 25.9 Å². The van der Waals surface area contributed by atoms with Gasteiger partial charge in [0.05, 0.1) is 12.8 Å². The highest BCUT2D eigenvalue weighted by molar-refractivity contribution is 5.93. The van der Waals surface area contributed by atoms with Gasteiger partial charge in [0.25, 0.3) is 0 Å². The number of amides is 2. The Morgan fingerprint density at radius 1 is 1.00 bits per heavy atom. The van der Waals surface area contributed by atoms with Crippen molar-refractivity contribution in [3.8, 4) is 0 Å². The third kappa shape index (κ3) is 5.12. The molecule has 0 spiro atoms. The van der Waals surface area contributed by atoms with Crippen molar-refractivity contribution in [3.05, 3.63) is 48.4 Å². The number of carbonyl (C=O) groups excluding carboxylic acids is 2. The fraction of sp³-hybridized carbons (Fsp3) is 0.429. The van der Waals surface area contributed by atoms with Crippen molar-refractivity contribution in [1.29, 1.82) is 0 Å². The second-order valence-electron chi connectivity index (χ2n) is 7.28. The standard InChI is InChI=1S/C21H27N3O3/c1-24(2)18-11-9-17(10-12-18)23-21(26)16-7-5-15(6-8-16)20(25)22-14-19-4-3-13-27-19/h3-4,9-13,15-16H,5-8,14H2,1-2H3,(H,22,25)(H,23,26). The molecule has 27 heavy (non-hydrogen) atoms. The summed E-state index contributed by atoms with van der Waals surface area (Å²) in [5, 5.41) is 5.91. The van der Waals surface area contributed by atoms with Gasteiger partial charge in [0.1, 0.15) is 5.76 Å². The number of hydrogen-bond acceptors (Lipinski definition) is 4. The van der Waals surface area contributed by atoms with Crippen LogP contribution in [0.2, 0.25) is 0 Å². The van der Waals surface area contributed by atoms with Crippen LogP contribution in [0, 0.1) is 11.8 Å². The summed E-state index contributed by atoms with van der Waals surface area (Å²) in [6, 6.07) is 11.4. The zero-order chi connectivity index (χ0) is 19.2. The van der Waals surface area contributed by atoms with Gasteiger partial charge in [-0.15, -0.1) is 0 Å². The molecule has 0 aliphatic heterocycles. The molecule has 1 saturated carbocycles. The van der Waals surface area contributed by atoms with Crippen LogP contribution in [0.3, 0.4) is 0 Å². The van der Waals surface area contributed by atoms with Crippen molar-refractivity contribution in [2.45, 2.75) is 32.2 Å². The Balaban J connectivity index is 1.44. The quantitative estimate of drug-likeness (QED) is 0.818. The summed E-state index contributed by atoms with van der Waals surface area (Å²) in [7, 11) is 3.97. The Morgan fingerprint density at radius 2 is 1.63 bits per heavy atom. The maximum atomic E-state index is 12.5. The van der Waals surface area contributed by atoms with Crippen LogP contribution >= 0.6 is 0 Å². The Labute approximate surface area is 159 Å². The van der Waals surface area contributed by atoms with E-state index in [1.807, 2.05) is 49.3 Å². The van der Waals surface area contributed by atoms with Crippen LogP contribution in [0.25, 0.3) is 0 Å². The van der Waals surface area contributed by atoms with Crippen molar-refractivity contribution in [2.24, 2.45) is 11.8 Å². The molecular formula is C21H27N3O3. The molecule has 0 saturated heterocycles. The van der Waals surface area contributed by atoms with Gasteiger partial charge < -0.3 is 20.0 Å². The largest absolute Gasteiger partial charge is 0.467 e. The maximum absolute atomic E-state index is 12.5. The molecule has 0 atom stereocenters. The molecule has 2 amide bonds. The number of rotatable bonds is 6. The van der Waals surface area contributed by atoms with Gasteiger partial charge in [-0.25, -0.2) is 0 Å². The predicted molar refractivity (Wildman–Crippen MR) is 105 cm³/mol. The Kier molecular flexibility index (Phi) is 6.16. The van der Waals surface area contributed by atoms with E-state index >= 15 is 0 Å². The molecule has 6 nitrogen and oxygen atoms in total. The maximum Gasteiger partial charge on any atom is 0.227 e. The van der Waals surface area contributed by atoms with Crippen molar-refractivity contribution in [2.75, 3.05) is 24.3 Å². The highest BCUT2D eigenvalue weighted by atomic mass is 16.3. The van der Waals surface area contributed by atoms with Crippen LogP contribution in [-0.2, 0) is 16.1 Å². The number of furan rings is 1. The molecule has 6 heteroatoms. The van der Waals surface area contributed by atoms with Crippen LogP contribution < -0.4 is 15.5 Å². The van der Waals surface area contributed by atoms with E-state index in [4.69, 9.17) is 4.42 Å². The van der Waals surface area contributed by atoms with Gasteiger partial charge in [-0.05, 0) is 62.1 Å². The molecule has 1 aliphatic rings. The molecule has 2 N–H and O–H groups in total. The molecule has 3 rings (SSSR count). The summed E-state index contributed by atoms with van der Waals surface area (Å²) in [5.74, 6) is 0.777. The summed E-state index contributed by atoms with van der Waals surface area (Å²) in [5.41, 5.74) is 1.90. The fourth-order valence-corrected chi connectivity index (χ4v) is 3.44. The Hall–Kier alpha value is -2.76. The molecule has 0 bridgehead atoms. The molecule has 0 unspecified atom stereocenters. The van der Waals surface area contributed by atoms with Crippen LogP contribution in [0.5, 0.6) is 0 Å². The third-order valence-corrected chi connectivity index (χ3v) is 5.14. The summed E-state index contributed by atoms with van der Waals surface area (Å²) < 4.78 is 5.23. The molecule has 1 aromatic heterocycles. The number of nitrogens with zero attached hydrogens (tertiary/aromatic N) is 1. The van der Waals surface area contributed by atoms with Gasteiger partial charge in [0.2, 0.25) is 11.8 Å². The summed E-state index contributed by atoms with van der Waals surface area (Å²) in [4.78, 5) is 26.8. The van der Waals surface area contributed by atoms with E-state index in [-0.39, 0.29) is 23.7 Å². The lowest BCUT2D eigenvalue weighted by Gasteiger charge is -2.27. The van der Waals surface area contributed by atoms with E-state index in [9.17, 15) is 9.59 Å². The minimum Gasteiger partial charge on any atom is -0.467 e. The van der Waals surface area contributed by atoms with E-state index in [0.717, 1.165) is 42.8 Å². The van der Waals surface area contributed by atoms with Gasteiger partial charge in [0.15, 0.2) is 0 Å². The topological polar surface area (TPSA) is 74.6 Å². The smallest absolute Gasteiger partial charge is 0.227 e. The summed E-state index contributed by atoms with van der Waals surface area (Å²) >= 11 is 0. The molecule has 2 aromatic rings. The molecular weight excluding hydrogens is 342 g/mol. The number of carbonyl (C=O) groups is 2. The van der Waals surface area contributed by atoms with Gasteiger partial charge in [-0.2, -0.15) is 0 Å². The zero-order valence-electron chi connectivity index (χ0n) is 15.9. The number of benzene rings is 1. The lowest BCUT2D eigenvalue weighted by Crippen LogP contribution is -2.35. The third-order valence-electron chi connectivity index (χ3n) is 5.14. The SMILES string of the molecule is CN(C)c1ccc(NC(=O)C2CCC(C(=O)NCc3ccco3)CC2)cc1. The fourth-order valence-electron chi connectivity index (χ4n) is 3.44. The van der Waals surface area contributed by atoms with Gasteiger partial charge in [-0.3, -0.25) is 9.59 Å². The van der Waals surface area contributed by atoms with Gasteiger partial charge >= 0.3 is 0 Å². The first-order chi connectivity index (χ1) is 13.0. The number of anilines is 2. The van der Waals surface area contributed by atoms with Crippen LogP contribution in [0.4, 0.5) is 11.4 Å². The molecule has 1 aliphatic carbocycles. The Morgan fingerprint density at radius 3 is 2.19 bits per heavy atom. The normalized spacial score (nSPS) is 19.3. The number of hydrogen-bond donors (Lipinski definition) is 2. The molecule has 1 fully saturated rings. The monoisotopic (exact) mass is 369 g/mol. The number of nitrogens with one attached hydrogen (secondary N) is 2. The zero-order valence-corrected chi connectivity index (χ0v) is 15.9. The summed E-state index contributed by atoms with van der Waals surface area (Å²) in [6.45, 7) is 0.412. The molecule has 1 aromatic carbocycles. The van der Waals surface area contributed by atoms with E-state index in [2.05, 4.69) is 10.6 Å². The minimum absolute atomic E-state index is 0.0246. The van der Waals surface area contributed by atoms with E-state index in [0.29, 0.717) is 6.54 Å². The molecule has 144 valence electrons. The lowest BCUT2D eigenvalue weighted by atomic mass is 9.81. The van der Waals surface area contributed by atoms with Crippen molar-refractivity contribution in [1.82, 2.24) is 5.32 Å². The average Bonchev–Trinajstić information content (AvgIpc) is 3.20. The Bertz CT molecular complexity index is 745. The van der Waals surface area contributed by atoms with Crippen LogP contribution in [0.1, 0.15) is 31.4 Å². The predicted octanol–water partition coefficient (Wildman–Crippen LogP) is 3.41. The van der Waals surface area contributed by atoms with E-state index in [1.54, 1.807) is 12.3 Å². The van der Waals surface area contributed by atoms with E-state index in [1.165, 1.54) is 0 Å². The minimum atomic E-state index is -0.0346. The first kappa shape index (κ1) is 19.0. The van der Waals surface area contributed by atoms with Crippen LogP contribution in [0.15, 0.2) is 47.1 Å². The summed E-state index contributed by atoms with van der Waals surface area (Å²) in [6.07, 6.45) is 4.55. The second-order valence-corrected chi connectivity index (χ2v) is 7.28. The average molecular weight is 369 g/mol. The second kappa shape index (κ2) is 8.75. The highest BCUT2D eigenvalue weighted by Crippen LogP contribution is 2.30. The van der Waals surface area contributed by atoms with Crippen molar-refractivity contribution >= 4 is 23.2 Å². The molecule has 1 heterocycles. The van der Waals surface area contributed by atoms with Gasteiger partial charge in [-0.1, -0.05) is 0 Å². The van der Waals surface area contributed by atoms with Gasteiger partial charge in [0, 0.05) is 37.3 Å². The van der Waals surface area contributed by atoms with Crippen molar-refractivity contribution in [3.63, 3.8) is 0 Å². The highest BCUT2D eigenvalue weighted by Gasteiger charge is 2.29. The first-order valence-corrected chi connectivity index (χ1v) is 9.41. The lowest BCUT2D eigenvalue weighted by molar-refractivity contribution is -0.128. The van der Waals surface area contributed by atoms with Crippen molar-refractivity contribution < 1.29 is 14.0 Å². The van der Waals surface area contributed by atoms with E-state index < -0.39 is 0 Å². The molecule has 0 radical (unpaired) electrons.